The Kier molecular flexibility index (Phi) is 5.14. The van der Waals surface area contributed by atoms with E-state index < -0.39 is 0 Å². The fourth-order valence-electron chi connectivity index (χ4n) is 2.00. The summed E-state index contributed by atoms with van der Waals surface area (Å²) in [7, 11) is 0. The van der Waals surface area contributed by atoms with Gasteiger partial charge >= 0.3 is 0 Å². The number of amidine groups is 1. The van der Waals surface area contributed by atoms with Gasteiger partial charge in [0.15, 0.2) is 5.84 Å². The molecule has 1 fully saturated rings. The Morgan fingerprint density at radius 1 is 1.42 bits per heavy atom. The molecule has 0 spiro atoms. The third-order valence-corrected chi connectivity index (χ3v) is 2.97. The Hall–Kier alpha value is -1.63. The first kappa shape index (κ1) is 13.8. The fourth-order valence-corrected chi connectivity index (χ4v) is 2.00. The molecule has 4 N–H and O–H groups in total. The highest BCUT2D eigenvalue weighted by atomic mass is 16.6. The van der Waals surface area contributed by atoms with E-state index in [0.29, 0.717) is 32.9 Å². The lowest BCUT2D eigenvalue weighted by Gasteiger charge is -2.23. The second-order valence-corrected chi connectivity index (χ2v) is 4.34. The molecule has 0 radical (unpaired) electrons. The summed E-state index contributed by atoms with van der Waals surface area (Å²) in [5.74, 6) is 0.120. The van der Waals surface area contributed by atoms with E-state index in [0.717, 1.165) is 11.1 Å². The maximum Gasteiger partial charge on any atom is 0.170 e. The van der Waals surface area contributed by atoms with E-state index in [4.69, 9.17) is 20.4 Å². The molecule has 1 aliphatic rings. The molecule has 0 aliphatic carbocycles. The monoisotopic (exact) mass is 265 g/mol. The molecule has 0 saturated carbocycles. The zero-order valence-corrected chi connectivity index (χ0v) is 10.7. The number of benzene rings is 1. The van der Waals surface area contributed by atoms with Crippen molar-refractivity contribution >= 4 is 5.84 Å². The van der Waals surface area contributed by atoms with Gasteiger partial charge in [-0.1, -0.05) is 29.4 Å². The molecule has 6 heteroatoms. The zero-order valence-electron chi connectivity index (χ0n) is 10.7. The van der Waals surface area contributed by atoms with E-state index in [1.54, 1.807) is 0 Å². The summed E-state index contributed by atoms with van der Waals surface area (Å²) in [5.41, 5.74) is 7.35. The largest absolute Gasteiger partial charge is 0.409 e. The Morgan fingerprint density at radius 2 is 2.26 bits per heavy atom. The topological polar surface area (TPSA) is 89.1 Å². The molecule has 1 aromatic carbocycles. The van der Waals surface area contributed by atoms with Crippen LogP contribution in [-0.4, -0.2) is 43.5 Å². The highest BCUT2D eigenvalue weighted by molar-refractivity contribution is 5.98. The molecule has 0 amide bonds. The van der Waals surface area contributed by atoms with Crippen LogP contribution in [0.2, 0.25) is 0 Å². The van der Waals surface area contributed by atoms with Gasteiger partial charge in [-0.3, -0.25) is 0 Å². The van der Waals surface area contributed by atoms with Crippen molar-refractivity contribution in [3.63, 3.8) is 0 Å². The molecule has 1 atom stereocenters. The Morgan fingerprint density at radius 3 is 3.00 bits per heavy atom. The van der Waals surface area contributed by atoms with Crippen molar-refractivity contribution in [3.8, 4) is 0 Å². The lowest BCUT2D eigenvalue weighted by atomic mass is 10.1. The van der Waals surface area contributed by atoms with Crippen molar-refractivity contribution in [2.75, 3.05) is 26.4 Å². The predicted octanol–water partition coefficient (Wildman–Crippen LogP) is 0.286. The number of nitrogens with two attached hydrogens (primary N) is 1. The summed E-state index contributed by atoms with van der Waals surface area (Å²) < 4.78 is 10.9. The second kappa shape index (κ2) is 7.08. The second-order valence-electron chi connectivity index (χ2n) is 4.34. The first-order chi connectivity index (χ1) is 9.31. The molecule has 6 nitrogen and oxygen atoms in total. The summed E-state index contributed by atoms with van der Waals surface area (Å²) in [4.78, 5) is 0. The van der Waals surface area contributed by atoms with E-state index in [-0.39, 0.29) is 11.9 Å². The number of rotatable bonds is 5. The molecule has 19 heavy (non-hydrogen) atoms. The molecule has 0 bridgehead atoms. The minimum Gasteiger partial charge on any atom is -0.409 e. The van der Waals surface area contributed by atoms with Crippen LogP contribution >= 0.6 is 0 Å². The van der Waals surface area contributed by atoms with Crippen LogP contribution in [0.3, 0.4) is 0 Å². The van der Waals surface area contributed by atoms with Crippen LogP contribution < -0.4 is 11.1 Å². The summed E-state index contributed by atoms with van der Waals surface area (Å²) in [5, 5.41) is 15.1. The van der Waals surface area contributed by atoms with Gasteiger partial charge in [-0.15, -0.1) is 0 Å². The van der Waals surface area contributed by atoms with Gasteiger partial charge in [0, 0.05) is 18.7 Å². The lowest BCUT2D eigenvalue weighted by Crippen LogP contribution is -2.37. The van der Waals surface area contributed by atoms with Crippen molar-refractivity contribution in [3.05, 3.63) is 35.4 Å². The van der Waals surface area contributed by atoms with Crippen LogP contribution in [0, 0.1) is 0 Å². The Labute approximate surface area is 112 Å². The first-order valence-corrected chi connectivity index (χ1v) is 6.27. The third-order valence-electron chi connectivity index (χ3n) is 2.97. The van der Waals surface area contributed by atoms with E-state index in [9.17, 15) is 0 Å². The van der Waals surface area contributed by atoms with Crippen LogP contribution in [0.4, 0.5) is 0 Å². The molecular formula is C13H19N3O3. The van der Waals surface area contributed by atoms with Gasteiger partial charge in [0.05, 0.1) is 25.9 Å². The molecule has 1 unspecified atom stereocenters. The molecule has 2 rings (SSSR count). The molecule has 0 aromatic heterocycles. The van der Waals surface area contributed by atoms with Gasteiger partial charge in [0.25, 0.3) is 0 Å². The first-order valence-electron chi connectivity index (χ1n) is 6.27. The van der Waals surface area contributed by atoms with Gasteiger partial charge in [-0.05, 0) is 5.56 Å². The molecule has 1 heterocycles. The molecule has 1 saturated heterocycles. The fraction of sp³-hybridized carbons (Fsp3) is 0.462. The SMILES string of the molecule is NC(=NO)c1ccccc1CNCC1COCCO1. The predicted molar refractivity (Wildman–Crippen MR) is 71.2 cm³/mol. The number of ether oxygens (including phenoxy) is 2. The van der Waals surface area contributed by atoms with Crippen molar-refractivity contribution in [1.82, 2.24) is 5.32 Å². The minimum absolute atomic E-state index is 0.0877. The third kappa shape index (κ3) is 3.92. The quantitative estimate of drug-likeness (QED) is 0.308. The molecular weight excluding hydrogens is 246 g/mol. The maximum atomic E-state index is 8.75. The average molecular weight is 265 g/mol. The van der Waals surface area contributed by atoms with Crippen LogP contribution in [-0.2, 0) is 16.0 Å². The maximum absolute atomic E-state index is 8.75. The molecule has 1 aliphatic heterocycles. The summed E-state index contributed by atoms with van der Waals surface area (Å²) >= 11 is 0. The van der Waals surface area contributed by atoms with Crippen molar-refractivity contribution in [1.29, 1.82) is 0 Å². The van der Waals surface area contributed by atoms with Gasteiger partial charge in [-0.25, -0.2) is 0 Å². The van der Waals surface area contributed by atoms with Crippen LogP contribution in [0.15, 0.2) is 29.4 Å². The number of nitrogens with one attached hydrogen (secondary N) is 1. The van der Waals surface area contributed by atoms with Crippen molar-refractivity contribution in [2.45, 2.75) is 12.6 Å². The molecule has 1 aromatic rings. The number of nitrogens with zero attached hydrogens (tertiary/aromatic N) is 1. The van der Waals surface area contributed by atoms with Gasteiger partial charge in [0.2, 0.25) is 0 Å². The van der Waals surface area contributed by atoms with Crippen LogP contribution in [0.5, 0.6) is 0 Å². The normalized spacial score (nSPS) is 20.4. The van der Waals surface area contributed by atoms with Crippen molar-refractivity contribution in [2.24, 2.45) is 10.9 Å². The van der Waals surface area contributed by atoms with E-state index in [1.807, 2.05) is 24.3 Å². The number of oxime groups is 1. The van der Waals surface area contributed by atoms with Gasteiger partial charge in [-0.2, -0.15) is 0 Å². The van der Waals surface area contributed by atoms with Gasteiger partial charge in [0.1, 0.15) is 0 Å². The van der Waals surface area contributed by atoms with Crippen LogP contribution in [0.1, 0.15) is 11.1 Å². The standard InChI is InChI=1S/C13H19N3O3/c14-13(16-17)12-4-2-1-3-10(12)7-15-8-11-9-18-5-6-19-11/h1-4,11,15,17H,5-9H2,(H2,14,16). The van der Waals surface area contributed by atoms with E-state index in [2.05, 4.69) is 10.5 Å². The Balaban J connectivity index is 1.88. The molecule has 104 valence electrons. The van der Waals surface area contributed by atoms with E-state index >= 15 is 0 Å². The van der Waals surface area contributed by atoms with E-state index in [1.165, 1.54) is 0 Å². The number of hydrogen-bond donors (Lipinski definition) is 3. The summed E-state index contributed by atoms with van der Waals surface area (Å²) in [6, 6.07) is 7.55. The van der Waals surface area contributed by atoms with Crippen molar-refractivity contribution < 1.29 is 14.7 Å². The number of hydrogen-bond acceptors (Lipinski definition) is 5. The zero-order chi connectivity index (χ0) is 13.5. The minimum atomic E-state index is 0.0877. The van der Waals surface area contributed by atoms with Gasteiger partial charge < -0.3 is 25.7 Å². The highest BCUT2D eigenvalue weighted by Crippen LogP contribution is 2.08. The summed E-state index contributed by atoms with van der Waals surface area (Å²) in [6.45, 7) is 3.28. The summed E-state index contributed by atoms with van der Waals surface area (Å²) in [6.07, 6.45) is 0.0877. The van der Waals surface area contributed by atoms with Crippen LogP contribution in [0.25, 0.3) is 0 Å². The smallest absolute Gasteiger partial charge is 0.170 e. The highest BCUT2D eigenvalue weighted by Gasteiger charge is 2.14. The average Bonchev–Trinajstić information content (AvgIpc) is 2.48. The lowest BCUT2D eigenvalue weighted by molar-refractivity contribution is -0.0864. The Bertz CT molecular complexity index is 431.